The molecule has 0 unspecified atom stereocenters. The van der Waals surface area contributed by atoms with Gasteiger partial charge >= 0.3 is 5.97 Å². The van der Waals surface area contributed by atoms with Gasteiger partial charge in [-0.3, -0.25) is 4.79 Å². The molecule has 0 fully saturated rings. The molecule has 0 amide bonds. The van der Waals surface area contributed by atoms with Crippen LogP contribution in [0.5, 0.6) is 0 Å². The molecule has 0 saturated carbocycles. The highest BCUT2D eigenvalue weighted by Gasteiger charge is 2.12. The number of thioether (sulfide) groups is 1. The quantitative estimate of drug-likeness (QED) is 0.670. The Bertz CT molecular complexity index is 692. The minimum Gasteiger partial charge on any atom is -0.478 e. The second-order valence-corrected chi connectivity index (χ2v) is 5.83. The standard InChI is InChI=1S/C17H16O3S/c1-11-5-3-4-6-16(11)21-10-15(18)14-8-7-13(17(19)20)9-12(14)2/h3-9H,10H2,1-2H3,(H,19,20). The van der Waals surface area contributed by atoms with E-state index in [4.69, 9.17) is 5.11 Å². The van der Waals surface area contributed by atoms with Crippen molar-refractivity contribution in [1.82, 2.24) is 0 Å². The summed E-state index contributed by atoms with van der Waals surface area (Å²) >= 11 is 1.50. The molecule has 2 aromatic rings. The molecule has 1 N–H and O–H groups in total. The molecule has 2 aromatic carbocycles. The number of Topliss-reactive ketones (excluding diaryl/α,β-unsaturated/α-hetero) is 1. The molecule has 0 aliphatic heterocycles. The molecule has 4 heteroatoms. The van der Waals surface area contributed by atoms with Gasteiger partial charge in [-0.15, -0.1) is 11.8 Å². The van der Waals surface area contributed by atoms with Crippen molar-refractivity contribution in [2.75, 3.05) is 5.75 Å². The summed E-state index contributed by atoms with van der Waals surface area (Å²) in [6, 6.07) is 12.5. The number of hydrogen-bond donors (Lipinski definition) is 1. The fraction of sp³-hybridized carbons (Fsp3) is 0.176. The molecule has 0 saturated heterocycles. The van der Waals surface area contributed by atoms with E-state index >= 15 is 0 Å². The first-order valence-electron chi connectivity index (χ1n) is 6.54. The fourth-order valence-electron chi connectivity index (χ4n) is 2.05. The van der Waals surface area contributed by atoms with Gasteiger partial charge in [-0.1, -0.05) is 24.3 Å². The molecule has 0 atom stereocenters. The minimum atomic E-state index is -0.980. The van der Waals surface area contributed by atoms with Crippen molar-refractivity contribution in [3.63, 3.8) is 0 Å². The number of carbonyl (C=O) groups is 2. The summed E-state index contributed by atoms with van der Waals surface area (Å²) in [6.07, 6.45) is 0. The van der Waals surface area contributed by atoms with Gasteiger partial charge in [0.1, 0.15) is 0 Å². The normalized spacial score (nSPS) is 10.4. The van der Waals surface area contributed by atoms with E-state index < -0.39 is 5.97 Å². The molecule has 108 valence electrons. The second kappa shape index (κ2) is 6.59. The van der Waals surface area contributed by atoms with Crippen LogP contribution < -0.4 is 0 Å². The maximum atomic E-state index is 12.3. The van der Waals surface area contributed by atoms with E-state index in [-0.39, 0.29) is 11.3 Å². The van der Waals surface area contributed by atoms with Gasteiger partial charge in [-0.25, -0.2) is 4.79 Å². The third kappa shape index (κ3) is 3.73. The van der Waals surface area contributed by atoms with Gasteiger partial charge in [-0.05, 0) is 43.2 Å². The van der Waals surface area contributed by atoms with E-state index in [1.54, 1.807) is 13.0 Å². The van der Waals surface area contributed by atoms with Crippen LogP contribution in [0.25, 0.3) is 0 Å². The summed E-state index contributed by atoms with van der Waals surface area (Å²) < 4.78 is 0. The zero-order chi connectivity index (χ0) is 15.4. The number of aromatic carboxylic acids is 1. The number of carbonyl (C=O) groups excluding carboxylic acids is 1. The maximum Gasteiger partial charge on any atom is 0.335 e. The summed E-state index contributed by atoms with van der Waals surface area (Å²) in [7, 11) is 0. The zero-order valence-electron chi connectivity index (χ0n) is 11.9. The monoisotopic (exact) mass is 300 g/mol. The van der Waals surface area contributed by atoms with Gasteiger partial charge in [0.15, 0.2) is 5.78 Å². The van der Waals surface area contributed by atoms with Crippen molar-refractivity contribution < 1.29 is 14.7 Å². The lowest BCUT2D eigenvalue weighted by Crippen LogP contribution is -2.07. The Morgan fingerprint density at radius 3 is 2.38 bits per heavy atom. The first kappa shape index (κ1) is 15.3. The van der Waals surface area contributed by atoms with Crippen molar-refractivity contribution in [3.8, 4) is 0 Å². The number of hydrogen-bond acceptors (Lipinski definition) is 3. The minimum absolute atomic E-state index is 0.0118. The summed E-state index contributed by atoms with van der Waals surface area (Å²) in [6.45, 7) is 3.78. The average molecular weight is 300 g/mol. The van der Waals surface area contributed by atoms with Crippen LogP contribution in [0.1, 0.15) is 31.8 Å². The van der Waals surface area contributed by atoms with Gasteiger partial charge in [-0.2, -0.15) is 0 Å². The lowest BCUT2D eigenvalue weighted by atomic mass is 10.0. The van der Waals surface area contributed by atoms with Crippen LogP contribution in [0.4, 0.5) is 0 Å². The van der Waals surface area contributed by atoms with Crippen LogP contribution >= 0.6 is 11.8 Å². The van der Waals surface area contributed by atoms with Crippen LogP contribution in [-0.4, -0.2) is 22.6 Å². The van der Waals surface area contributed by atoms with E-state index in [1.807, 2.05) is 31.2 Å². The molecule has 0 spiro atoms. The molecule has 0 bridgehead atoms. The Balaban J connectivity index is 2.11. The fourth-order valence-corrected chi connectivity index (χ4v) is 2.96. The molecule has 3 nitrogen and oxygen atoms in total. The first-order chi connectivity index (χ1) is 9.99. The van der Waals surface area contributed by atoms with Crippen molar-refractivity contribution in [1.29, 1.82) is 0 Å². The summed E-state index contributed by atoms with van der Waals surface area (Å²) in [4.78, 5) is 24.2. The summed E-state index contributed by atoms with van der Waals surface area (Å²) in [5, 5.41) is 8.93. The number of carboxylic acid groups (broad SMARTS) is 1. The number of rotatable bonds is 5. The topological polar surface area (TPSA) is 54.4 Å². The Labute approximate surface area is 128 Å². The molecule has 0 radical (unpaired) electrons. The van der Waals surface area contributed by atoms with E-state index in [9.17, 15) is 9.59 Å². The Hall–Kier alpha value is -2.07. The van der Waals surface area contributed by atoms with E-state index in [0.717, 1.165) is 10.5 Å². The average Bonchev–Trinajstić information content (AvgIpc) is 2.46. The highest BCUT2D eigenvalue weighted by molar-refractivity contribution is 8.00. The number of carboxylic acids is 1. The maximum absolute atomic E-state index is 12.3. The van der Waals surface area contributed by atoms with E-state index in [1.165, 1.54) is 23.9 Å². The molecule has 0 heterocycles. The Morgan fingerprint density at radius 1 is 1.05 bits per heavy atom. The molecule has 0 aliphatic rings. The largest absolute Gasteiger partial charge is 0.478 e. The Morgan fingerprint density at radius 2 is 1.76 bits per heavy atom. The van der Waals surface area contributed by atoms with E-state index in [2.05, 4.69) is 0 Å². The predicted octanol–water partition coefficient (Wildman–Crippen LogP) is 3.98. The molecule has 21 heavy (non-hydrogen) atoms. The van der Waals surface area contributed by atoms with Crippen molar-refractivity contribution in [2.45, 2.75) is 18.7 Å². The SMILES string of the molecule is Cc1ccccc1SCC(=O)c1ccc(C(=O)O)cc1C. The molecular formula is C17H16O3S. The van der Waals surface area contributed by atoms with Crippen molar-refractivity contribution in [2.24, 2.45) is 0 Å². The van der Waals surface area contributed by atoms with Crippen molar-refractivity contribution in [3.05, 3.63) is 64.7 Å². The summed E-state index contributed by atoms with van der Waals surface area (Å²) in [5.41, 5.74) is 2.63. The number of ketones is 1. The third-order valence-electron chi connectivity index (χ3n) is 3.23. The molecule has 2 rings (SSSR count). The molecule has 0 aliphatic carbocycles. The van der Waals surface area contributed by atoms with Gasteiger partial charge < -0.3 is 5.11 Å². The van der Waals surface area contributed by atoms with Crippen LogP contribution in [0.15, 0.2) is 47.4 Å². The first-order valence-corrected chi connectivity index (χ1v) is 7.53. The second-order valence-electron chi connectivity index (χ2n) is 4.81. The third-order valence-corrected chi connectivity index (χ3v) is 4.40. The zero-order valence-corrected chi connectivity index (χ0v) is 12.7. The number of benzene rings is 2. The van der Waals surface area contributed by atoms with E-state index in [0.29, 0.717) is 16.9 Å². The smallest absolute Gasteiger partial charge is 0.335 e. The molecule has 0 aromatic heterocycles. The van der Waals surface area contributed by atoms with Gasteiger partial charge in [0.25, 0.3) is 0 Å². The van der Waals surface area contributed by atoms with Gasteiger partial charge in [0, 0.05) is 10.5 Å². The van der Waals surface area contributed by atoms with Crippen LogP contribution in [-0.2, 0) is 0 Å². The van der Waals surface area contributed by atoms with Crippen molar-refractivity contribution >= 4 is 23.5 Å². The Kier molecular flexibility index (Phi) is 4.81. The highest BCUT2D eigenvalue weighted by Crippen LogP contribution is 2.23. The summed E-state index contributed by atoms with van der Waals surface area (Å²) in [5.74, 6) is -0.623. The van der Waals surface area contributed by atoms with Crippen LogP contribution in [0, 0.1) is 13.8 Å². The lowest BCUT2D eigenvalue weighted by Gasteiger charge is -2.07. The highest BCUT2D eigenvalue weighted by atomic mass is 32.2. The molecular weight excluding hydrogens is 284 g/mol. The van der Waals surface area contributed by atoms with Gasteiger partial charge in [0.05, 0.1) is 11.3 Å². The van der Waals surface area contributed by atoms with Gasteiger partial charge in [0.2, 0.25) is 0 Å². The van der Waals surface area contributed by atoms with Crippen LogP contribution in [0.3, 0.4) is 0 Å². The number of aryl methyl sites for hydroxylation is 2. The van der Waals surface area contributed by atoms with Crippen LogP contribution in [0.2, 0.25) is 0 Å². The predicted molar refractivity (Wildman–Crippen MR) is 84.4 cm³/mol. The lowest BCUT2D eigenvalue weighted by molar-refractivity contribution is 0.0696.